The molecule has 3 N–H and O–H groups in total. The van der Waals surface area contributed by atoms with Crippen molar-refractivity contribution in [2.24, 2.45) is 29.6 Å². The summed E-state index contributed by atoms with van der Waals surface area (Å²) in [5.41, 5.74) is 6.24. The maximum atomic E-state index is 14.4. The van der Waals surface area contributed by atoms with Gasteiger partial charge in [-0.15, -0.1) is 0 Å². The summed E-state index contributed by atoms with van der Waals surface area (Å²) in [5.74, 6) is 3.06. The number of hydrogen-bond donors (Lipinski definition) is 3. The predicted molar refractivity (Wildman–Crippen MR) is 243 cm³/mol. The van der Waals surface area contributed by atoms with Gasteiger partial charge in [-0.05, 0) is 160 Å². The maximum Gasteiger partial charge on any atom is 0.264 e. The second kappa shape index (κ2) is 18.2. The zero-order chi connectivity index (χ0) is 41.9. The van der Waals surface area contributed by atoms with Crippen molar-refractivity contribution in [1.82, 2.24) is 4.72 Å². The first kappa shape index (κ1) is 41.5. The zero-order valence-electron chi connectivity index (χ0n) is 35.4. The zero-order valence-corrected chi connectivity index (χ0v) is 36.3. The number of fused-ring (bicyclic) bond motifs is 5. The van der Waals surface area contributed by atoms with Crippen LogP contribution in [0.5, 0.6) is 0 Å². The van der Waals surface area contributed by atoms with Gasteiger partial charge >= 0.3 is 0 Å². The van der Waals surface area contributed by atoms with Crippen LogP contribution in [-0.4, -0.2) is 65.2 Å². The third-order valence-electron chi connectivity index (χ3n) is 14.6. The van der Waals surface area contributed by atoms with Crippen LogP contribution in [-0.2, 0) is 26.0 Å². The van der Waals surface area contributed by atoms with Gasteiger partial charge in [-0.25, -0.2) is 13.1 Å². The Morgan fingerprint density at radius 2 is 1.52 bits per heavy atom. The fourth-order valence-electron chi connectivity index (χ4n) is 11.4. The van der Waals surface area contributed by atoms with Crippen molar-refractivity contribution in [2.75, 3.05) is 53.3 Å². The lowest BCUT2D eigenvalue weighted by Crippen LogP contribution is -2.47. The molecule has 0 radical (unpaired) electrons. The number of nitrogens with one attached hydrogen (secondary N) is 3. The second-order valence-corrected chi connectivity index (χ2v) is 20.0. The van der Waals surface area contributed by atoms with E-state index in [1.54, 1.807) is 30.3 Å². The molecule has 9 rings (SSSR count). The molecule has 5 aliphatic rings. The molecule has 5 fully saturated rings. The van der Waals surface area contributed by atoms with Crippen LogP contribution in [0.4, 0.5) is 22.7 Å². The monoisotopic (exact) mass is 843 g/mol. The number of carbonyl (C=O) groups excluding carboxylic acids is 2. The summed E-state index contributed by atoms with van der Waals surface area (Å²) in [5, 5.41) is 7.34. The number of aryl methyl sites for hydroxylation is 2. The molecule has 61 heavy (non-hydrogen) atoms. The van der Waals surface area contributed by atoms with Crippen LogP contribution in [0.2, 0.25) is 0 Å². The van der Waals surface area contributed by atoms with Gasteiger partial charge < -0.3 is 25.2 Å². The number of anilines is 4. The van der Waals surface area contributed by atoms with E-state index in [1.165, 1.54) is 31.2 Å². The van der Waals surface area contributed by atoms with Crippen molar-refractivity contribution in [3.63, 3.8) is 0 Å². The number of sulfonamides is 1. The largest absolute Gasteiger partial charge is 0.385 e. The topological polar surface area (TPSA) is 120 Å². The van der Waals surface area contributed by atoms with Crippen molar-refractivity contribution in [1.29, 1.82) is 0 Å². The van der Waals surface area contributed by atoms with Crippen LogP contribution >= 0.6 is 0 Å². The standard InChI is InChI=1S/C50H61N5O5S/c1-34-30-41(19-20-45(34)51-33-36-24-28-60-29-25-36)61(58,59)53-50(57)37-15-17-40(18-16-37)54-26-22-39(23-27-54)52-46-12-5-6-13-47(46)55(49(56)21-14-35-8-3-2-4-9-35)48-32-38-31-44(48)43-11-7-10-42(38)43/h2-6,8-9,12-13,15-20,30,36,38-39,42-44,48,51-52H,7,10-11,14,21-29,31-33H2,1H3,(H,53,57). The highest BCUT2D eigenvalue weighted by Crippen LogP contribution is 2.60. The minimum Gasteiger partial charge on any atom is -0.385 e. The number of carbonyl (C=O) groups is 2. The molecule has 2 saturated heterocycles. The number of ether oxygens (including phenoxy) is 1. The fraction of sp³-hybridized carbons (Fsp3) is 0.480. The molecule has 4 aromatic rings. The van der Waals surface area contributed by atoms with Gasteiger partial charge in [0.15, 0.2) is 0 Å². The summed E-state index contributed by atoms with van der Waals surface area (Å²) in [7, 11) is -4.07. The van der Waals surface area contributed by atoms with E-state index in [9.17, 15) is 18.0 Å². The number of amides is 2. The van der Waals surface area contributed by atoms with Crippen LogP contribution in [0, 0.1) is 36.5 Å². The SMILES string of the molecule is Cc1cc(S(=O)(=O)NC(=O)c2ccc(N3CCC(Nc4ccccc4N(C(=O)CCc4ccccc4)C4CC5CC4C4CCCC54)CC3)cc2)ccc1NCC1CCOCC1. The van der Waals surface area contributed by atoms with Crippen LogP contribution < -0.4 is 25.2 Å². The lowest BCUT2D eigenvalue weighted by atomic mass is 9.78. The van der Waals surface area contributed by atoms with Gasteiger partial charge in [0, 0.05) is 68.3 Å². The smallest absolute Gasteiger partial charge is 0.264 e. The summed E-state index contributed by atoms with van der Waals surface area (Å²) in [6.45, 7) is 5.90. The third kappa shape index (κ3) is 9.19. The molecule has 10 nitrogen and oxygen atoms in total. The number of hydrogen-bond acceptors (Lipinski definition) is 8. The summed E-state index contributed by atoms with van der Waals surface area (Å²) in [6, 6.07) is 31.4. The van der Waals surface area contributed by atoms with Crippen LogP contribution in [0.15, 0.2) is 102 Å². The van der Waals surface area contributed by atoms with E-state index >= 15 is 0 Å². The van der Waals surface area contributed by atoms with Crippen LogP contribution in [0.25, 0.3) is 0 Å². The Balaban J connectivity index is 0.813. The lowest BCUT2D eigenvalue weighted by molar-refractivity contribution is -0.119. The van der Waals surface area contributed by atoms with E-state index in [-0.39, 0.29) is 28.4 Å². The Hall–Kier alpha value is -4.87. The maximum absolute atomic E-state index is 14.4. The first-order valence-electron chi connectivity index (χ1n) is 22.8. The number of rotatable bonds is 14. The summed E-state index contributed by atoms with van der Waals surface area (Å²) < 4.78 is 34.3. The van der Waals surface area contributed by atoms with Gasteiger partial charge in [0.1, 0.15) is 0 Å². The highest BCUT2D eigenvalue weighted by Gasteiger charge is 2.56. The third-order valence-corrected chi connectivity index (χ3v) is 16.0. The molecule has 2 amide bonds. The molecule has 2 bridgehead atoms. The Bertz CT molecular complexity index is 2270. The van der Waals surface area contributed by atoms with Crippen molar-refractivity contribution in [3.05, 3.63) is 114 Å². The lowest BCUT2D eigenvalue weighted by Gasteiger charge is -2.41. The van der Waals surface area contributed by atoms with Gasteiger partial charge in [0.05, 0.1) is 16.3 Å². The summed E-state index contributed by atoms with van der Waals surface area (Å²) in [6.07, 6.45) is 11.5. The van der Waals surface area contributed by atoms with E-state index < -0.39 is 15.9 Å². The first-order valence-corrected chi connectivity index (χ1v) is 24.2. The van der Waals surface area contributed by atoms with Gasteiger partial charge in [-0.1, -0.05) is 48.9 Å². The molecule has 3 aliphatic carbocycles. The molecule has 2 heterocycles. The van der Waals surface area contributed by atoms with Gasteiger partial charge in [0.25, 0.3) is 15.9 Å². The summed E-state index contributed by atoms with van der Waals surface area (Å²) >= 11 is 0. The molecule has 4 aromatic carbocycles. The molecule has 5 unspecified atom stereocenters. The minimum absolute atomic E-state index is 0.0563. The number of piperidine rings is 1. The van der Waals surface area contributed by atoms with Gasteiger partial charge in [-0.3, -0.25) is 9.59 Å². The van der Waals surface area contributed by atoms with E-state index in [1.807, 2.05) is 25.1 Å². The molecule has 2 aliphatic heterocycles. The molecular formula is C50H61N5O5S. The first-order chi connectivity index (χ1) is 29.7. The molecule has 0 aromatic heterocycles. The predicted octanol–water partition coefficient (Wildman–Crippen LogP) is 8.82. The molecule has 322 valence electrons. The average molecular weight is 844 g/mol. The fourth-order valence-corrected chi connectivity index (χ4v) is 12.5. The average Bonchev–Trinajstić information content (AvgIpc) is 4.03. The highest BCUT2D eigenvalue weighted by molar-refractivity contribution is 7.90. The van der Waals surface area contributed by atoms with Crippen LogP contribution in [0.1, 0.15) is 85.7 Å². The number of para-hydroxylation sites is 2. The quantitative estimate of drug-likeness (QED) is 0.115. The van der Waals surface area contributed by atoms with E-state index in [2.05, 4.69) is 73.7 Å². The Labute approximate surface area is 361 Å². The van der Waals surface area contributed by atoms with E-state index in [0.717, 1.165) is 117 Å². The molecule has 0 spiro atoms. The number of nitrogens with zero attached hydrogens (tertiary/aromatic N) is 2. The van der Waals surface area contributed by atoms with Crippen molar-refractivity contribution >= 4 is 44.6 Å². The molecule has 3 saturated carbocycles. The number of benzene rings is 4. The Morgan fingerprint density at radius 3 is 2.30 bits per heavy atom. The normalized spacial score (nSPS) is 24.0. The Kier molecular flexibility index (Phi) is 12.4. The Morgan fingerprint density at radius 1 is 0.787 bits per heavy atom. The van der Waals surface area contributed by atoms with E-state index in [4.69, 9.17) is 4.74 Å². The minimum atomic E-state index is -4.07. The summed E-state index contributed by atoms with van der Waals surface area (Å²) in [4.78, 5) is 32.2. The molecular weight excluding hydrogens is 783 g/mol. The van der Waals surface area contributed by atoms with E-state index in [0.29, 0.717) is 18.3 Å². The second-order valence-electron chi connectivity index (χ2n) is 18.3. The molecule has 5 atom stereocenters. The van der Waals surface area contributed by atoms with Crippen molar-refractivity contribution in [2.45, 2.75) is 94.5 Å². The van der Waals surface area contributed by atoms with Crippen LogP contribution in [0.3, 0.4) is 0 Å². The highest BCUT2D eigenvalue weighted by atomic mass is 32.2. The molecule has 11 heteroatoms. The van der Waals surface area contributed by atoms with Gasteiger partial charge in [-0.2, -0.15) is 0 Å². The van der Waals surface area contributed by atoms with Crippen molar-refractivity contribution in [3.8, 4) is 0 Å². The van der Waals surface area contributed by atoms with Gasteiger partial charge in [0.2, 0.25) is 5.91 Å². The van der Waals surface area contributed by atoms with Crippen molar-refractivity contribution < 1.29 is 22.7 Å².